The first kappa shape index (κ1) is 16.0. The van der Waals surface area contributed by atoms with Gasteiger partial charge in [-0.05, 0) is 50.3 Å². The minimum atomic E-state index is -0.132. The van der Waals surface area contributed by atoms with Gasteiger partial charge in [-0.3, -0.25) is 9.69 Å². The van der Waals surface area contributed by atoms with Gasteiger partial charge in [-0.1, -0.05) is 6.08 Å². The first-order valence-corrected chi connectivity index (χ1v) is 9.34. The van der Waals surface area contributed by atoms with Crippen LogP contribution in [0, 0.1) is 6.92 Å². The quantitative estimate of drug-likeness (QED) is 0.671. The number of hydrogen-bond acceptors (Lipinski definition) is 4. The van der Waals surface area contributed by atoms with E-state index in [1.54, 1.807) is 28.5 Å². The van der Waals surface area contributed by atoms with E-state index >= 15 is 0 Å². The molecule has 4 rings (SSSR count). The van der Waals surface area contributed by atoms with Crippen molar-refractivity contribution in [1.82, 2.24) is 14.4 Å². The third-order valence-corrected chi connectivity index (χ3v) is 5.64. The lowest BCUT2D eigenvalue weighted by Gasteiger charge is -2.16. The normalized spacial score (nSPS) is 13.6. The number of thiazole rings is 1. The second-order valence-corrected chi connectivity index (χ2v) is 7.44. The molecule has 0 fully saturated rings. The molecule has 1 aliphatic carbocycles. The standard InChI is InChI=1S/C19H20N4OS/c1-3-9-23(19-21-14-6-4-5-7-16(14)25-19)18(24)15-12-22-10-8-13(2)11-17(22)20-15/h3,8,10-12H,1,4-7,9H2,2H3. The maximum atomic E-state index is 13.1. The van der Waals surface area contributed by atoms with Crippen LogP contribution in [0.3, 0.4) is 0 Å². The summed E-state index contributed by atoms with van der Waals surface area (Å²) in [6.07, 6.45) is 9.90. The minimum absolute atomic E-state index is 0.132. The SMILES string of the molecule is C=CCN(C(=O)c1cn2ccc(C)cc2n1)c1nc2c(s1)CCCC2. The van der Waals surface area contributed by atoms with Crippen LogP contribution in [0.4, 0.5) is 5.13 Å². The molecule has 6 heteroatoms. The highest BCUT2D eigenvalue weighted by Gasteiger charge is 2.25. The van der Waals surface area contributed by atoms with E-state index in [4.69, 9.17) is 4.98 Å². The van der Waals surface area contributed by atoms with E-state index < -0.39 is 0 Å². The number of aryl methyl sites for hydroxylation is 3. The Morgan fingerprint density at radius 2 is 2.24 bits per heavy atom. The van der Waals surface area contributed by atoms with Gasteiger partial charge < -0.3 is 4.40 Å². The summed E-state index contributed by atoms with van der Waals surface area (Å²) >= 11 is 1.63. The number of imidazole rings is 1. The Balaban J connectivity index is 1.70. The van der Waals surface area contributed by atoms with Crippen LogP contribution < -0.4 is 4.90 Å². The maximum Gasteiger partial charge on any atom is 0.280 e. The molecule has 3 heterocycles. The summed E-state index contributed by atoms with van der Waals surface area (Å²) in [6.45, 7) is 6.24. The number of amides is 1. The van der Waals surface area contributed by atoms with Gasteiger partial charge in [0.2, 0.25) is 0 Å². The lowest BCUT2D eigenvalue weighted by Crippen LogP contribution is -2.31. The molecule has 1 aliphatic rings. The van der Waals surface area contributed by atoms with Gasteiger partial charge in [0.05, 0.1) is 5.69 Å². The van der Waals surface area contributed by atoms with Crippen molar-refractivity contribution in [3.63, 3.8) is 0 Å². The van der Waals surface area contributed by atoms with Crippen molar-refractivity contribution >= 4 is 28.0 Å². The molecule has 0 atom stereocenters. The summed E-state index contributed by atoms with van der Waals surface area (Å²) < 4.78 is 1.87. The van der Waals surface area contributed by atoms with Gasteiger partial charge in [-0.25, -0.2) is 9.97 Å². The summed E-state index contributed by atoms with van der Waals surface area (Å²) in [4.78, 5) is 25.3. The first-order valence-electron chi connectivity index (χ1n) is 8.52. The summed E-state index contributed by atoms with van der Waals surface area (Å²) in [6, 6.07) is 3.97. The van der Waals surface area contributed by atoms with E-state index in [1.165, 1.54) is 17.7 Å². The lowest BCUT2D eigenvalue weighted by atomic mass is 10.0. The second-order valence-electron chi connectivity index (χ2n) is 6.37. The van der Waals surface area contributed by atoms with E-state index in [9.17, 15) is 4.79 Å². The van der Waals surface area contributed by atoms with Gasteiger partial charge in [0, 0.05) is 23.8 Å². The van der Waals surface area contributed by atoms with Gasteiger partial charge in [0.15, 0.2) is 5.13 Å². The molecule has 0 spiro atoms. The zero-order valence-electron chi connectivity index (χ0n) is 14.2. The number of carbonyl (C=O) groups is 1. The molecular formula is C19H20N4OS. The second kappa shape index (κ2) is 6.44. The Kier molecular flexibility index (Phi) is 4.13. The van der Waals surface area contributed by atoms with Crippen molar-refractivity contribution in [3.05, 3.63) is 59.0 Å². The highest BCUT2D eigenvalue weighted by Crippen LogP contribution is 2.32. The predicted molar refractivity (Wildman–Crippen MR) is 101 cm³/mol. The van der Waals surface area contributed by atoms with Crippen LogP contribution in [-0.2, 0) is 12.8 Å². The van der Waals surface area contributed by atoms with E-state index in [0.717, 1.165) is 34.9 Å². The number of rotatable bonds is 4. The lowest BCUT2D eigenvalue weighted by molar-refractivity contribution is 0.0985. The Morgan fingerprint density at radius 1 is 1.40 bits per heavy atom. The molecule has 0 aliphatic heterocycles. The van der Waals surface area contributed by atoms with Crippen molar-refractivity contribution in [3.8, 4) is 0 Å². The monoisotopic (exact) mass is 352 g/mol. The summed E-state index contributed by atoms with van der Waals surface area (Å²) in [7, 11) is 0. The van der Waals surface area contributed by atoms with Crippen LogP contribution in [0.25, 0.3) is 5.65 Å². The minimum Gasteiger partial charge on any atom is -0.306 e. The van der Waals surface area contributed by atoms with Gasteiger partial charge in [-0.2, -0.15) is 0 Å². The summed E-state index contributed by atoms with van der Waals surface area (Å²) in [5.41, 5.74) is 3.48. The van der Waals surface area contributed by atoms with Gasteiger partial charge >= 0.3 is 0 Å². The third-order valence-electron chi connectivity index (χ3n) is 4.46. The fourth-order valence-electron chi connectivity index (χ4n) is 3.16. The van der Waals surface area contributed by atoms with E-state index in [-0.39, 0.29) is 5.91 Å². The molecule has 0 saturated carbocycles. The molecular weight excluding hydrogens is 332 g/mol. The first-order chi connectivity index (χ1) is 12.2. The molecule has 3 aromatic heterocycles. The molecule has 0 unspecified atom stereocenters. The van der Waals surface area contributed by atoms with Crippen molar-refractivity contribution in [1.29, 1.82) is 0 Å². The zero-order chi connectivity index (χ0) is 17.4. The predicted octanol–water partition coefficient (Wildman–Crippen LogP) is 3.81. The molecule has 0 saturated heterocycles. The van der Waals surface area contributed by atoms with Crippen LogP contribution >= 0.6 is 11.3 Å². The molecule has 3 aromatic rings. The van der Waals surface area contributed by atoms with Crippen LogP contribution in [0.2, 0.25) is 0 Å². The van der Waals surface area contributed by atoms with Crippen LogP contribution in [-0.4, -0.2) is 26.8 Å². The van der Waals surface area contributed by atoms with Crippen LogP contribution in [0.1, 0.15) is 39.5 Å². The molecule has 128 valence electrons. The van der Waals surface area contributed by atoms with E-state index in [0.29, 0.717) is 12.2 Å². The largest absolute Gasteiger partial charge is 0.306 e. The van der Waals surface area contributed by atoms with Gasteiger partial charge in [0.25, 0.3) is 5.91 Å². The topological polar surface area (TPSA) is 50.5 Å². The van der Waals surface area contributed by atoms with Crippen LogP contribution in [0.5, 0.6) is 0 Å². The number of aromatic nitrogens is 3. The molecule has 0 radical (unpaired) electrons. The number of pyridine rings is 1. The highest BCUT2D eigenvalue weighted by atomic mass is 32.1. The molecule has 5 nitrogen and oxygen atoms in total. The van der Waals surface area contributed by atoms with E-state index in [1.807, 2.05) is 29.7 Å². The zero-order valence-corrected chi connectivity index (χ0v) is 15.1. The average Bonchev–Trinajstić information content (AvgIpc) is 3.22. The van der Waals surface area contributed by atoms with Crippen molar-refractivity contribution < 1.29 is 4.79 Å². The summed E-state index contributed by atoms with van der Waals surface area (Å²) in [5.74, 6) is -0.132. The molecule has 0 bridgehead atoms. The molecule has 1 amide bonds. The Hall–Kier alpha value is -2.47. The smallest absolute Gasteiger partial charge is 0.280 e. The number of fused-ring (bicyclic) bond motifs is 2. The fraction of sp³-hybridized carbons (Fsp3) is 0.316. The van der Waals surface area contributed by atoms with Crippen LogP contribution in [0.15, 0.2) is 37.2 Å². The number of hydrogen-bond donors (Lipinski definition) is 0. The third kappa shape index (κ3) is 2.98. The highest BCUT2D eigenvalue weighted by molar-refractivity contribution is 7.16. The van der Waals surface area contributed by atoms with Crippen molar-refractivity contribution in [2.45, 2.75) is 32.6 Å². The van der Waals surface area contributed by atoms with Crippen molar-refractivity contribution in [2.24, 2.45) is 0 Å². The van der Waals surface area contributed by atoms with Gasteiger partial charge in [-0.15, -0.1) is 17.9 Å². The van der Waals surface area contributed by atoms with Gasteiger partial charge in [0.1, 0.15) is 11.3 Å². The fourth-order valence-corrected chi connectivity index (χ4v) is 4.31. The Labute approximate surface area is 150 Å². The summed E-state index contributed by atoms with van der Waals surface area (Å²) in [5, 5.41) is 0.755. The Bertz CT molecular complexity index is 932. The van der Waals surface area contributed by atoms with Crippen molar-refractivity contribution in [2.75, 3.05) is 11.4 Å². The number of carbonyl (C=O) groups excluding carboxylic acids is 1. The molecule has 25 heavy (non-hydrogen) atoms. The Morgan fingerprint density at radius 3 is 3.04 bits per heavy atom. The molecule has 0 aromatic carbocycles. The number of nitrogens with zero attached hydrogens (tertiary/aromatic N) is 4. The average molecular weight is 352 g/mol. The van der Waals surface area contributed by atoms with E-state index in [2.05, 4.69) is 11.6 Å². The number of anilines is 1. The molecule has 0 N–H and O–H groups in total. The maximum absolute atomic E-state index is 13.1.